The number of hydrogen-bond donors (Lipinski definition) is 1. The normalized spacial score (nSPS) is 10.6. The maximum atomic E-state index is 8.70. The number of benzene rings is 2. The SMILES string of the molecule is COc1cccc(CO)c1.COc1cccc(CO[Si](C)(C)C)c1. The summed E-state index contributed by atoms with van der Waals surface area (Å²) < 4.78 is 15.9. The largest absolute Gasteiger partial charge is 0.497 e. The average molecular weight is 349 g/mol. The average Bonchev–Trinajstić information content (AvgIpc) is 2.60. The Labute approximate surface area is 146 Å². The number of ether oxygens (including phenoxy) is 2. The van der Waals surface area contributed by atoms with Crippen molar-refractivity contribution in [1.29, 1.82) is 0 Å². The van der Waals surface area contributed by atoms with Gasteiger partial charge in [0.05, 0.1) is 27.4 Å². The molecule has 4 nitrogen and oxygen atoms in total. The molecule has 0 aliphatic carbocycles. The molecule has 0 fully saturated rings. The first-order chi connectivity index (χ1) is 11.4. The lowest BCUT2D eigenvalue weighted by Gasteiger charge is -2.17. The summed E-state index contributed by atoms with van der Waals surface area (Å²) in [5, 5.41) is 8.70. The van der Waals surface area contributed by atoms with E-state index in [1.165, 1.54) is 5.56 Å². The van der Waals surface area contributed by atoms with Crippen molar-refractivity contribution in [2.75, 3.05) is 14.2 Å². The molecule has 0 amide bonds. The standard InChI is InChI=1S/C11H18O2Si.C8H10O2/c1-12-11-7-5-6-10(8-11)9-13-14(2,3)4;1-10-8-4-2-3-7(5-8)6-9/h5-8H,9H2,1-4H3;2-5,9H,6H2,1H3. The Bertz CT molecular complexity index is 589. The van der Waals surface area contributed by atoms with Gasteiger partial charge >= 0.3 is 0 Å². The van der Waals surface area contributed by atoms with E-state index in [9.17, 15) is 0 Å². The Morgan fingerprint density at radius 1 is 0.833 bits per heavy atom. The molecule has 0 spiro atoms. The van der Waals surface area contributed by atoms with Crippen LogP contribution in [0.4, 0.5) is 0 Å². The van der Waals surface area contributed by atoms with Crippen LogP contribution >= 0.6 is 0 Å². The fraction of sp³-hybridized carbons (Fsp3) is 0.368. The predicted molar refractivity (Wildman–Crippen MR) is 100 cm³/mol. The molecule has 2 aromatic carbocycles. The third-order valence-electron chi connectivity index (χ3n) is 3.12. The molecule has 2 aromatic rings. The molecule has 0 saturated carbocycles. The van der Waals surface area contributed by atoms with E-state index in [0.717, 1.165) is 17.1 Å². The van der Waals surface area contributed by atoms with E-state index in [1.807, 2.05) is 36.4 Å². The summed E-state index contributed by atoms with van der Waals surface area (Å²) >= 11 is 0. The minimum Gasteiger partial charge on any atom is -0.497 e. The van der Waals surface area contributed by atoms with Crippen molar-refractivity contribution < 1.29 is 19.0 Å². The van der Waals surface area contributed by atoms with Crippen LogP contribution in [0.1, 0.15) is 11.1 Å². The van der Waals surface area contributed by atoms with E-state index in [-0.39, 0.29) is 6.61 Å². The van der Waals surface area contributed by atoms with Gasteiger partial charge in [0, 0.05) is 0 Å². The maximum Gasteiger partial charge on any atom is 0.184 e. The number of hydrogen-bond acceptors (Lipinski definition) is 4. The topological polar surface area (TPSA) is 47.9 Å². The van der Waals surface area contributed by atoms with Gasteiger partial charge in [0.25, 0.3) is 0 Å². The molecule has 132 valence electrons. The van der Waals surface area contributed by atoms with Crippen LogP contribution < -0.4 is 9.47 Å². The Balaban J connectivity index is 0.000000254. The molecule has 0 aliphatic heterocycles. The van der Waals surface area contributed by atoms with Crippen molar-refractivity contribution in [2.45, 2.75) is 32.9 Å². The lowest BCUT2D eigenvalue weighted by atomic mass is 10.2. The van der Waals surface area contributed by atoms with Crippen LogP contribution in [0.2, 0.25) is 19.6 Å². The Kier molecular flexibility index (Phi) is 8.53. The fourth-order valence-corrected chi connectivity index (χ4v) is 2.43. The molecule has 0 heterocycles. The first-order valence-electron chi connectivity index (χ1n) is 7.88. The number of rotatable bonds is 6. The van der Waals surface area contributed by atoms with Crippen molar-refractivity contribution >= 4 is 8.32 Å². The minimum absolute atomic E-state index is 0.0667. The summed E-state index contributed by atoms with van der Waals surface area (Å²) in [7, 11) is 1.88. The molecule has 0 bridgehead atoms. The van der Waals surface area contributed by atoms with E-state index in [0.29, 0.717) is 6.61 Å². The van der Waals surface area contributed by atoms with Gasteiger partial charge in [-0.1, -0.05) is 24.3 Å². The molecule has 0 atom stereocenters. The predicted octanol–water partition coefficient (Wildman–Crippen LogP) is 4.23. The maximum absolute atomic E-state index is 8.70. The Hall–Kier alpha value is -1.82. The van der Waals surface area contributed by atoms with E-state index in [4.69, 9.17) is 19.0 Å². The van der Waals surface area contributed by atoms with E-state index in [2.05, 4.69) is 25.7 Å². The van der Waals surface area contributed by atoms with Crippen LogP contribution in [-0.2, 0) is 17.6 Å². The Morgan fingerprint density at radius 3 is 1.79 bits per heavy atom. The number of aliphatic hydroxyl groups excluding tert-OH is 1. The summed E-state index contributed by atoms with van der Waals surface area (Å²) in [6, 6.07) is 15.4. The molecule has 2 rings (SSSR count). The molecule has 0 radical (unpaired) electrons. The third kappa shape index (κ3) is 8.15. The molecule has 1 N–H and O–H groups in total. The van der Waals surface area contributed by atoms with Crippen LogP contribution in [0.15, 0.2) is 48.5 Å². The summed E-state index contributed by atoms with van der Waals surface area (Å²) in [5.41, 5.74) is 2.05. The fourth-order valence-electron chi connectivity index (χ4n) is 1.83. The zero-order valence-electron chi connectivity index (χ0n) is 15.2. The van der Waals surface area contributed by atoms with Crippen molar-refractivity contribution in [3.8, 4) is 11.5 Å². The lowest BCUT2D eigenvalue weighted by Crippen LogP contribution is -2.24. The number of aliphatic hydroxyl groups is 1. The molecule has 0 aromatic heterocycles. The van der Waals surface area contributed by atoms with Crippen LogP contribution in [0.5, 0.6) is 11.5 Å². The second-order valence-corrected chi connectivity index (χ2v) is 10.8. The molecule has 24 heavy (non-hydrogen) atoms. The summed E-state index contributed by atoms with van der Waals surface area (Å²) in [5.74, 6) is 1.67. The first kappa shape index (κ1) is 20.2. The highest BCUT2D eigenvalue weighted by Gasteiger charge is 2.13. The molecule has 0 unspecified atom stereocenters. The summed E-state index contributed by atoms with van der Waals surface area (Å²) in [6.07, 6.45) is 0. The van der Waals surface area contributed by atoms with Gasteiger partial charge in [-0.3, -0.25) is 0 Å². The summed E-state index contributed by atoms with van der Waals surface area (Å²) in [6.45, 7) is 7.32. The second-order valence-electron chi connectivity index (χ2n) is 6.26. The smallest absolute Gasteiger partial charge is 0.184 e. The van der Waals surface area contributed by atoms with Gasteiger partial charge in [-0.25, -0.2) is 0 Å². The second kappa shape index (κ2) is 10.1. The van der Waals surface area contributed by atoms with Crippen LogP contribution in [0.25, 0.3) is 0 Å². The highest BCUT2D eigenvalue weighted by atomic mass is 28.4. The van der Waals surface area contributed by atoms with E-state index in [1.54, 1.807) is 20.3 Å². The van der Waals surface area contributed by atoms with Gasteiger partial charge in [-0.05, 0) is 55.0 Å². The third-order valence-corrected chi connectivity index (χ3v) is 4.13. The van der Waals surface area contributed by atoms with Crippen molar-refractivity contribution in [3.05, 3.63) is 59.7 Å². The van der Waals surface area contributed by atoms with Gasteiger partial charge in [0.2, 0.25) is 0 Å². The quantitative estimate of drug-likeness (QED) is 0.794. The highest BCUT2D eigenvalue weighted by molar-refractivity contribution is 6.69. The van der Waals surface area contributed by atoms with Crippen molar-refractivity contribution in [1.82, 2.24) is 0 Å². The van der Waals surface area contributed by atoms with Crippen LogP contribution in [-0.4, -0.2) is 27.6 Å². The van der Waals surface area contributed by atoms with E-state index < -0.39 is 8.32 Å². The van der Waals surface area contributed by atoms with Gasteiger partial charge in [0.15, 0.2) is 8.32 Å². The van der Waals surface area contributed by atoms with E-state index >= 15 is 0 Å². The van der Waals surface area contributed by atoms with Gasteiger partial charge < -0.3 is 19.0 Å². The molecule has 0 saturated heterocycles. The molecular weight excluding hydrogens is 320 g/mol. The molecule has 5 heteroatoms. The van der Waals surface area contributed by atoms with Crippen LogP contribution in [0.3, 0.4) is 0 Å². The van der Waals surface area contributed by atoms with Gasteiger partial charge in [-0.2, -0.15) is 0 Å². The monoisotopic (exact) mass is 348 g/mol. The van der Waals surface area contributed by atoms with Crippen LogP contribution in [0, 0.1) is 0 Å². The Morgan fingerprint density at radius 2 is 1.33 bits per heavy atom. The highest BCUT2D eigenvalue weighted by Crippen LogP contribution is 2.15. The minimum atomic E-state index is -1.41. The molecular formula is C19H28O4Si. The van der Waals surface area contributed by atoms with Crippen molar-refractivity contribution in [2.24, 2.45) is 0 Å². The first-order valence-corrected chi connectivity index (χ1v) is 11.3. The lowest BCUT2D eigenvalue weighted by molar-refractivity contribution is 0.281. The molecule has 0 aliphatic rings. The zero-order chi connectivity index (χ0) is 18.0. The number of methoxy groups -OCH3 is 2. The zero-order valence-corrected chi connectivity index (χ0v) is 16.2. The van der Waals surface area contributed by atoms with Crippen molar-refractivity contribution in [3.63, 3.8) is 0 Å². The summed E-state index contributed by atoms with van der Waals surface area (Å²) in [4.78, 5) is 0. The van der Waals surface area contributed by atoms with Gasteiger partial charge in [0.1, 0.15) is 11.5 Å². The van der Waals surface area contributed by atoms with Gasteiger partial charge in [-0.15, -0.1) is 0 Å².